The Morgan fingerprint density at radius 1 is 1.29 bits per heavy atom. The van der Waals surface area contributed by atoms with Crippen LogP contribution in [0.25, 0.3) is 0 Å². The molecule has 0 bridgehead atoms. The van der Waals surface area contributed by atoms with E-state index in [0.29, 0.717) is 6.04 Å². The predicted molar refractivity (Wildman–Crippen MR) is 64.0 cm³/mol. The minimum Gasteiger partial charge on any atom is -0.372 e. The van der Waals surface area contributed by atoms with E-state index in [2.05, 4.69) is 42.9 Å². The molecule has 0 saturated heterocycles. The van der Waals surface area contributed by atoms with Gasteiger partial charge in [0.1, 0.15) is 0 Å². The third-order valence-corrected chi connectivity index (χ3v) is 2.16. The molecule has 0 spiro atoms. The van der Waals surface area contributed by atoms with E-state index in [9.17, 15) is 0 Å². The number of nitrogens with one attached hydrogen (secondary N) is 1. The van der Waals surface area contributed by atoms with Crippen LogP contribution in [0, 0.1) is 0 Å². The first-order chi connectivity index (χ1) is 6.60. The fourth-order valence-corrected chi connectivity index (χ4v) is 1.36. The molecule has 0 aliphatic rings. The van der Waals surface area contributed by atoms with Crippen LogP contribution < -0.4 is 5.32 Å². The third kappa shape index (κ3) is 6.89. The molecular formula is C11H25N3. The minimum atomic E-state index is 0.479. The van der Waals surface area contributed by atoms with E-state index >= 15 is 0 Å². The molecule has 0 rings (SSSR count). The van der Waals surface area contributed by atoms with Crippen molar-refractivity contribution in [2.45, 2.75) is 40.7 Å². The first-order valence-corrected chi connectivity index (χ1v) is 5.60. The van der Waals surface area contributed by atoms with Gasteiger partial charge in [0.15, 0.2) is 0 Å². The Morgan fingerprint density at radius 3 is 2.29 bits per heavy atom. The van der Waals surface area contributed by atoms with Gasteiger partial charge in [-0.3, -0.25) is 4.99 Å². The molecular weight excluding hydrogens is 174 g/mol. The largest absolute Gasteiger partial charge is 0.372 e. The lowest BCUT2D eigenvalue weighted by Crippen LogP contribution is -2.30. The molecule has 84 valence electrons. The standard InChI is InChI=1S/C11H25N3/c1-6-14(7-2)9-8-12-11(5)13-10(3)4/h10H,6-9H2,1-5H3,(H,12,13). The second kappa shape index (κ2) is 7.80. The van der Waals surface area contributed by atoms with Crippen LogP contribution in [-0.4, -0.2) is 43.0 Å². The van der Waals surface area contributed by atoms with Crippen LogP contribution in [-0.2, 0) is 0 Å². The molecule has 0 aliphatic carbocycles. The van der Waals surface area contributed by atoms with Gasteiger partial charge in [-0.1, -0.05) is 13.8 Å². The molecule has 1 N–H and O–H groups in total. The van der Waals surface area contributed by atoms with Crippen molar-refractivity contribution in [3.05, 3.63) is 0 Å². The summed E-state index contributed by atoms with van der Waals surface area (Å²) in [4.78, 5) is 6.84. The van der Waals surface area contributed by atoms with Crippen LogP contribution in [0.5, 0.6) is 0 Å². The maximum absolute atomic E-state index is 4.46. The zero-order chi connectivity index (χ0) is 11.0. The lowest BCUT2D eigenvalue weighted by Gasteiger charge is -2.16. The number of hydrogen-bond donors (Lipinski definition) is 1. The van der Waals surface area contributed by atoms with Gasteiger partial charge in [-0.2, -0.15) is 0 Å². The Hall–Kier alpha value is -0.570. The van der Waals surface area contributed by atoms with Crippen molar-refractivity contribution >= 4 is 5.84 Å². The monoisotopic (exact) mass is 199 g/mol. The Kier molecular flexibility index (Phi) is 7.48. The molecule has 0 aliphatic heterocycles. The molecule has 0 saturated carbocycles. The molecule has 3 heteroatoms. The van der Waals surface area contributed by atoms with E-state index in [1.807, 2.05) is 6.92 Å². The van der Waals surface area contributed by atoms with Crippen molar-refractivity contribution in [3.8, 4) is 0 Å². The summed E-state index contributed by atoms with van der Waals surface area (Å²) in [5.41, 5.74) is 0. The summed E-state index contributed by atoms with van der Waals surface area (Å²) in [5.74, 6) is 1.05. The van der Waals surface area contributed by atoms with Crippen LogP contribution in [0.2, 0.25) is 0 Å². The molecule has 0 atom stereocenters. The van der Waals surface area contributed by atoms with Crippen molar-refractivity contribution in [1.82, 2.24) is 10.2 Å². The molecule has 3 nitrogen and oxygen atoms in total. The van der Waals surface area contributed by atoms with Gasteiger partial charge in [0, 0.05) is 12.6 Å². The summed E-state index contributed by atoms with van der Waals surface area (Å²) in [6, 6.07) is 0.479. The topological polar surface area (TPSA) is 27.6 Å². The highest BCUT2D eigenvalue weighted by Gasteiger charge is 1.97. The fraction of sp³-hybridized carbons (Fsp3) is 0.909. The lowest BCUT2D eigenvalue weighted by atomic mass is 10.4. The summed E-state index contributed by atoms with van der Waals surface area (Å²) in [7, 11) is 0. The third-order valence-electron chi connectivity index (χ3n) is 2.16. The first-order valence-electron chi connectivity index (χ1n) is 5.60. The highest BCUT2D eigenvalue weighted by Crippen LogP contribution is 1.87. The molecule has 0 aromatic carbocycles. The van der Waals surface area contributed by atoms with Gasteiger partial charge in [-0.05, 0) is 33.9 Å². The van der Waals surface area contributed by atoms with E-state index in [1.165, 1.54) is 0 Å². The first kappa shape index (κ1) is 13.4. The molecule has 0 radical (unpaired) electrons. The molecule has 0 unspecified atom stereocenters. The van der Waals surface area contributed by atoms with Gasteiger partial charge in [-0.15, -0.1) is 0 Å². The van der Waals surface area contributed by atoms with Gasteiger partial charge >= 0.3 is 0 Å². The van der Waals surface area contributed by atoms with Crippen LogP contribution in [0.3, 0.4) is 0 Å². The van der Waals surface area contributed by atoms with E-state index < -0.39 is 0 Å². The summed E-state index contributed by atoms with van der Waals surface area (Å²) < 4.78 is 0. The average molecular weight is 199 g/mol. The highest BCUT2D eigenvalue weighted by atomic mass is 15.1. The summed E-state index contributed by atoms with van der Waals surface area (Å²) in [6.45, 7) is 14.8. The van der Waals surface area contributed by atoms with E-state index in [4.69, 9.17) is 0 Å². The Labute approximate surface area is 88.6 Å². The van der Waals surface area contributed by atoms with Gasteiger partial charge < -0.3 is 10.2 Å². The maximum Gasteiger partial charge on any atom is 0.0934 e. The van der Waals surface area contributed by atoms with E-state index in [0.717, 1.165) is 32.0 Å². The van der Waals surface area contributed by atoms with Crippen LogP contribution in [0.1, 0.15) is 34.6 Å². The van der Waals surface area contributed by atoms with E-state index in [-0.39, 0.29) is 0 Å². The number of hydrogen-bond acceptors (Lipinski definition) is 2. The number of aliphatic imine (C=N–C) groups is 1. The zero-order valence-electron chi connectivity index (χ0n) is 10.3. The second-order valence-electron chi connectivity index (χ2n) is 3.79. The summed E-state index contributed by atoms with van der Waals surface area (Å²) in [6.07, 6.45) is 0. The van der Waals surface area contributed by atoms with Gasteiger partial charge in [0.05, 0.1) is 12.4 Å². The molecule has 0 amide bonds. The van der Waals surface area contributed by atoms with Gasteiger partial charge in [0.2, 0.25) is 0 Å². The summed E-state index contributed by atoms with van der Waals surface area (Å²) in [5, 5.41) is 3.28. The fourth-order valence-electron chi connectivity index (χ4n) is 1.36. The van der Waals surface area contributed by atoms with Crippen LogP contribution in [0.15, 0.2) is 4.99 Å². The van der Waals surface area contributed by atoms with Gasteiger partial charge in [0.25, 0.3) is 0 Å². The van der Waals surface area contributed by atoms with E-state index in [1.54, 1.807) is 0 Å². The normalized spacial score (nSPS) is 12.6. The highest BCUT2D eigenvalue weighted by molar-refractivity contribution is 5.79. The van der Waals surface area contributed by atoms with Crippen molar-refractivity contribution in [3.63, 3.8) is 0 Å². The van der Waals surface area contributed by atoms with Crippen molar-refractivity contribution in [2.24, 2.45) is 4.99 Å². The Balaban J connectivity index is 3.68. The van der Waals surface area contributed by atoms with Crippen LogP contribution in [0.4, 0.5) is 0 Å². The minimum absolute atomic E-state index is 0.479. The van der Waals surface area contributed by atoms with Crippen molar-refractivity contribution < 1.29 is 0 Å². The Bertz CT molecular complexity index is 160. The number of amidine groups is 1. The summed E-state index contributed by atoms with van der Waals surface area (Å²) >= 11 is 0. The number of nitrogens with zero attached hydrogens (tertiary/aromatic N) is 2. The number of rotatable bonds is 6. The van der Waals surface area contributed by atoms with Gasteiger partial charge in [-0.25, -0.2) is 0 Å². The zero-order valence-corrected chi connectivity index (χ0v) is 10.3. The predicted octanol–water partition coefficient (Wildman–Crippen LogP) is 1.74. The molecule has 14 heavy (non-hydrogen) atoms. The SMILES string of the molecule is CCN(CC)CCN=C(C)NC(C)C. The number of likely N-dealkylation sites (N-methyl/N-ethyl adjacent to an activating group) is 1. The van der Waals surface area contributed by atoms with Crippen molar-refractivity contribution in [2.75, 3.05) is 26.2 Å². The molecule has 0 heterocycles. The average Bonchev–Trinajstić information content (AvgIpc) is 2.11. The quantitative estimate of drug-likeness (QED) is 0.521. The molecule has 0 fully saturated rings. The maximum atomic E-state index is 4.46. The van der Waals surface area contributed by atoms with Crippen LogP contribution >= 0.6 is 0 Å². The Morgan fingerprint density at radius 2 is 1.86 bits per heavy atom. The van der Waals surface area contributed by atoms with Crippen molar-refractivity contribution in [1.29, 1.82) is 0 Å². The smallest absolute Gasteiger partial charge is 0.0934 e. The molecule has 0 aromatic rings. The molecule has 0 aromatic heterocycles. The lowest BCUT2D eigenvalue weighted by molar-refractivity contribution is 0.313. The second-order valence-corrected chi connectivity index (χ2v) is 3.79.